The van der Waals surface area contributed by atoms with Gasteiger partial charge in [-0.2, -0.15) is 0 Å². The zero-order valence-electron chi connectivity index (χ0n) is 14.0. The summed E-state index contributed by atoms with van der Waals surface area (Å²) in [5.74, 6) is 0.213. The fourth-order valence-corrected chi connectivity index (χ4v) is 2.52. The highest BCUT2D eigenvalue weighted by molar-refractivity contribution is 5.91. The van der Waals surface area contributed by atoms with Crippen LogP contribution in [0.5, 0.6) is 11.5 Å². The molecule has 0 aliphatic rings. The normalized spacial score (nSPS) is 11.1. The SMILES string of the molecule is COc1ccc(-c2cc3ncn(C)c(=O)c3c(NCC(F)F)n2)cc1O. The van der Waals surface area contributed by atoms with E-state index in [-0.39, 0.29) is 22.7 Å². The van der Waals surface area contributed by atoms with Gasteiger partial charge in [0.1, 0.15) is 11.2 Å². The lowest BCUT2D eigenvalue weighted by Crippen LogP contribution is -2.20. The Morgan fingerprint density at radius 3 is 2.77 bits per heavy atom. The molecular formula is C17H16F2N4O3. The number of aromatic hydroxyl groups is 1. The number of rotatable bonds is 5. The predicted octanol–water partition coefficient (Wildman–Crippen LogP) is 2.39. The van der Waals surface area contributed by atoms with Gasteiger partial charge in [-0.1, -0.05) is 0 Å². The Kier molecular flexibility index (Phi) is 4.70. The van der Waals surface area contributed by atoms with Crippen LogP contribution >= 0.6 is 0 Å². The van der Waals surface area contributed by atoms with Crippen LogP contribution in [0.1, 0.15) is 0 Å². The van der Waals surface area contributed by atoms with Crippen molar-refractivity contribution in [2.75, 3.05) is 19.0 Å². The van der Waals surface area contributed by atoms with Crippen molar-refractivity contribution in [1.82, 2.24) is 14.5 Å². The summed E-state index contributed by atoms with van der Waals surface area (Å²) in [6.07, 6.45) is -1.27. The quantitative estimate of drug-likeness (QED) is 0.724. The molecule has 2 heterocycles. The summed E-state index contributed by atoms with van der Waals surface area (Å²) in [5.41, 5.74) is 0.800. The Morgan fingerprint density at radius 2 is 2.12 bits per heavy atom. The van der Waals surface area contributed by atoms with Crippen LogP contribution < -0.4 is 15.6 Å². The number of hydrogen-bond acceptors (Lipinski definition) is 6. The molecule has 0 saturated heterocycles. The van der Waals surface area contributed by atoms with Crippen molar-refractivity contribution in [3.05, 3.63) is 40.9 Å². The predicted molar refractivity (Wildman–Crippen MR) is 92.9 cm³/mol. The van der Waals surface area contributed by atoms with E-state index in [0.29, 0.717) is 16.8 Å². The van der Waals surface area contributed by atoms with Crippen LogP contribution in [-0.2, 0) is 7.05 Å². The van der Waals surface area contributed by atoms with Gasteiger partial charge < -0.3 is 19.7 Å². The lowest BCUT2D eigenvalue weighted by atomic mass is 10.1. The smallest absolute Gasteiger partial charge is 0.264 e. The number of methoxy groups -OCH3 is 1. The summed E-state index contributed by atoms with van der Waals surface area (Å²) in [5, 5.41) is 12.6. The number of hydrogen-bond donors (Lipinski definition) is 2. The highest BCUT2D eigenvalue weighted by Gasteiger charge is 2.15. The number of pyridine rings is 1. The van der Waals surface area contributed by atoms with Crippen LogP contribution in [0.25, 0.3) is 22.2 Å². The fraction of sp³-hybridized carbons (Fsp3) is 0.235. The molecule has 0 amide bonds. The molecule has 0 fully saturated rings. The largest absolute Gasteiger partial charge is 0.504 e. The van der Waals surface area contributed by atoms with Gasteiger partial charge in [0.15, 0.2) is 11.5 Å². The van der Waals surface area contributed by atoms with Crippen molar-refractivity contribution in [2.45, 2.75) is 6.43 Å². The van der Waals surface area contributed by atoms with E-state index >= 15 is 0 Å². The second-order valence-corrected chi connectivity index (χ2v) is 5.57. The molecule has 3 aromatic rings. The number of ether oxygens (including phenoxy) is 1. The molecule has 0 atom stereocenters. The molecule has 0 aliphatic heterocycles. The minimum absolute atomic E-state index is 0.0156. The standard InChI is InChI=1S/C17H16F2N4O3/c1-23-8-21-11-6-10(9-3-4-13(26-2)12(24)5-9)22-16(15(11)17(23)25)20-7-14(18)19/h3-6,8,14,24H,7H2,1-2H3,(H,20,22). The minimum Gasteiger partial charge on any atom is -0.504 e. The number of nitrogens with one attached hydrogen (secondary N) is 1. The monoisotopic (exact) mass is 362 g/mol. The summed E-state index contributed by atoms with van der Waals surface area (Å²) in [7, 11) is 2.94. The van der Waals surface area contributed by atoms with Crippen molar-refractivity contribution >= 4 is 16.7 Å². The molecule has 0 unspecified atom stereocenters. The Bertz CT molecular complexity index is 1020. The number of aryl methyl sites for hydroxylation is 1. The second-order valence-electron chi connectivity index (χ2n) is 5.57. The number of halogens is 2. The summed E-state index contributed by atoms with van der Waals surface area (Å²) in [6.45, 7) is -0.655. The zero-order chi connectivity index (χ0) is 18.8. The number of phenols is 1. The molecule has 26 heavy (non-hydrogen) atoms. The average molecular weight is 362 g/mol. The van der Waals surface area contributed by atoms with Crippen LogP contribution in [0, 0.1) is 0 Å². The molecule has 3 rings (SSSR count). The topological polar surface area (TPSA) is 89.3 Å². The van der Waals surface area contributed by atoms with Gasteiger partial charge in [-0.05, 0) is 24.3 Å². The first-order valence-electron chi connectivity index (χ1n) is 7.66. The minimum atomic E-state index is -2.61. The van der Waals surface area contributed by atoms with Gasteiger partial charge in [-0.3, -0.25) is 4.79 Å². The van der Waals surface area contributed by atoms with Gasteiger partial charge in [0.2, 0.25) is 0 Å². The van der Waals surface area contributed by atoms with Crippen LogP contribution in [0.15, 0.2) is 35.4 Å². The third-order valence-electron chi connectivity index (χ3n) is 3.80. The van der Waals surface area contributed by atoms with Gasteiger partial charge in [-0.15, -0.1) is 0 Å². The molecule has 1 aromatic carbocycles. The number of benzene rings is 1. The van der Waals surface area contributed by atoms with Crippen molar-refractivity contribution in [3.8, 4) is 22.8 Å². The number of alkyl halides is 2. The Balaban J connectivity index is 2.19. The fourth-order valence-electron chi connectivity index (χ4n) is 2.52. The first-order valence-corrected chi connectivity index (χ1v) is 7.66. The van der Waals surface area contributed by atoms with Crippen molar-refractivity contribution in [1.29, 1.82) is 0 Å². The molecule has 2 aromatic heterocycles. The van der Waals surface area contributed by atoms with Crippen LogP contribution in [0.3, 0.4) is 0 Å². The number of aromatic nitrogens is 3. The number of nitrogens with zero attached hydrogens (tertiary/aromatic N) is 3. The van der Waals surface area contributed by atoms with Crippen LogP contribution in [0.2, 0.25) is 0 Å². The molecule has 0 saturated carbocycles. The molecule has 0 radical (unpaired) electrons. The maximum atomic E-state index is 12.6. The second kappa shape index (κ2) is 6.95. The van der Waals surface area contributed by atoms with Crippen molar-refractivity contribution in [2.24, 2.45) is 7.05 Å². The van der Waals surface area contributed by atoms with Gasteiger partial charge in [0.25, 0.3) is 12.0 Å². The Labute approximate surface area is 146 Å². The number of fused-ring (bicyclic) bond motifs is 1. The third kappa shape index (κ3) is 3.28. The molecule has 0 aliphatic carbocycles. The van der Waals surface area contributed by atoms with Gasteiger partial charge in [-0.25, -0.2) is 18.7 Å². The molecule has 136 valence electrons. The lowest BCUT2D eigenvalue weighted by Gasteiger charge is -2.12. The summed E-state index contributed by atoms with van der Waals surface area (Å²) in [6, 6.07) is 6.21. The van der Waals surface area contributed by atoms with E-state index in [0.717, 1.165) is 0 Å². The summed E-state index contributed by atoms with van der Waals surface area (Å²) in [4.78, 5) is 20.8. The Morgan fingerprint density at radius 1 is 1.35 bits per heavy atom. The molecule has 2 N–H and O–H groups in total. The molecule has 0 bridgehead atoms. The van der Waals surface area contributed by atoms with E-state index in [9.17, 15) is 18.7 Å². The van der Waals surface area contributed by atoms with E-state index in [2.05, 4.69) is 15.3 Å². The molecule has 0 spiro atoms. The summed E-state index contributed by atoms with van der Waals surface area (Å²) < 4.78 is 31.5. The van der Waals surface area contributed by atoms with Gasteiger partial charge in [0.05, 0.1) is 31.2 Å². The lowest BCUT2D eigenvalue weighted by molar-refractivity contribution is 0.163. The highest BCUT2D eigenvalue weighted by atomic mass is 19.3. The maximum Gasteiger partial charge on any atom is 0.264 e. The molecule has 7 nitrogen and oxygen atoms in total. The highest BCUT2D eigenvalue weighted by Crippen LogP contribution is 2.32. The van der Waals surface area contributed by atoms with Crippen LogP contribution in [-0.4, -0.2) is 39.7 Å². The van der Waals surface area contributed by atoms with Crippen molar-refractivity contribution < 1.29 is 18.6 Å². The van der Waals surface area contributed by atoms with E-state index in [1.54, 1.807) is 18.2 Å². The zero-order valence-corrected chi connectivity index (χ0v) is 14.0. The third-order valence-corrected chi connectivity index (χ3v) is 3.80. The van der Waals surface area contributed by atoms with Gasteiger partial charge in [0, 0.05) is 12.6 Å². The van der Waals surface area contributed by atoms with Crippen molar-refractivity contribution in [3.63, 3.8) is 0 Å². The van der Waals surface area contributed by atoms with E-state index in [1.165, 1.54) is 31.1 Å². The molecular weight excluding hydrogens is 346 g/mol. The van der Waals surface area contributed by atoms with Crippen LogP contribution in [0.4, 0.5) is 14.6 Å². The maximum absolute atomic E-state index is 12.6. The molecule has 9 heteroatoms. The number of anilines is 1. The summed E-state index contributed by atoms with van der Waals surface area (Å²) >= 11 is 0. The van der Waals surface area contributed by atoms with Gasteiger partial charge >= 0.3 is 0 Å². The first-order chi connectivity index (χ1) is 12.4. The van der Waals surface area contributed by atoms with E-state index < -0.39 is 18.5 Å². The Hall–Kier alpha value is -3.23. The number of phenolic OH excluding ortho intramolecular Hbond substituents is 1. The average Bonchev–Trinajstić information content (AvgIpc) is 2.62. The first kappa shape index (κ1) is 17.6. The van der Waals surface area contributed by atoms with E-state index in [4.69, 9.17) is 4.74 Å². The van der Waals surface area contributed by atoms with E-state index in [1.807, 2.05) is 0 Å².